The highest BCUT2D eigenvalue weighted by Gasteiger charge is 2.31. The van der Waals surface area contributed by atoms with Crippen LogP contribution < -0.4 is 15.6 Å². The summed E-state index contributed by atoms with van der Waals surface area (Å²) < 4.78 is 87.5. The number of primary sulfonamides is 1. The number of nitrogens with two attached hydrogens (primary N) is 2. The second-order valence-corrected chi connectivity index (χ2v) is 9.84. The molecule has 0 saturated heterocycles. The maximum atomic E-state index is 12.2. The van der Waals surface area contributed by atoms with Crippen molar-refractivity contribution in [3.63, 3.8) is 0 Å². The molecular weight excluding hydrogens is 429 g/mol. The quantitative estimate of drug-likeness (QED) is 0.680. The molecule has 0 amide bonds. The summed E-state index contributed by atoms with van der Waals surface area (Å²) in [5.41, 5.74) is 5.44. The average molecular weight is 442 g/mol. The van der Waals surface area contributed by atoms with Gasteiger partial charge < -0.3 is 10.5 Å². The molecule has 0 fully saturated rings. The number of ether oxygens (including phenoxy) is 1. The van der Waals surface area contributed by atoms with Crippen LogP contribution in [0.25, 0.3) is 0 Å². The molecule has 0 spiro atoms. The standard InChI is InChI=1S/C14H13F3N2O5S3/c1-26(20,21)11-7-6-10(27(19,22)23)12(18)13(11)25-9-4-2-8(3-5-9)24-14(15,16)17/h2-7H,18H2,1H3,(H2,19,22,23). The minimum atomic E-state index is -4.85. The van der Waals surface area contributed by atoms with Gasteiger partial charge in [0.05, 0.1) is 15.5 Å². The zero-order valence-electron chi connectivity index (χ0n) is 13.5. The number of rotatable bonds is 5. The second-order valence-electron chi connectivity index (χ2n) is 5.24. The minimum Gasteiger partial charge on any atom is -0.406 e. The van der Waals surface area contributed by atoms with E-state index in [1.165, 1.54) is 12.1 Å². The zero-order valence-corrected chi connectivity index (χ0v) is 16.0. The fourth-order valence-corrected chi connectivity index (χ4v) is 5.00. The molecule has 0 aliphatic rings. The van der Waals surface area contributed by atoms with Gasteiger partial charge in [-0.2, -0.15) is 0 Å². The summed E-state index contributed by atoms with van der Waals surface area (Å²) in [4.78, 5) is -0.511. The molecule has 2 rings (SSSR count). The highest BCUT2D eigenvalue weighted by atomic mass is 32.2. The van der Waals surface area contributed by atoms with Crippen molar-refractivity contribution >= 4 is 37.3 Å². The molecule has 13 heteroatoms. The fraction of sp³-hybridized carbons (Fsp3) is 0.143. The first kappa shape index (κ1) is 21.3. The molecule has 7 nitrogen and oxygen atoms in total. The summed E-state index contributed by atoms with van der Waals surface area (Å²) in [7, 11) is -8.00. The van der Waals surface area contributed by atoms with Gasteiger partial charge in [0.1, 0.15) is 10.6 Å². The Hall–Kier alpha value is -1.96. The molecule has 0 aromatic heterocycles. The van der Waals surface area contributed by atoms with E-state index in [0.717, 1.165) is 42.3 Å². The Morgan fingerprint density at radius 3 is 1.93 bits per heavy atom. The Bertz CT molecular complexity index is 1070. The van der Waals surface area contributed by atoms with Crippen LogP contribution in [0.5, 0.6) is 5.75 Å². The molecule has 0 aliphatic carbocycles. The highest BCUT2D eigenvalue weighted by molar-refractivity contribution is 8.00. The number of alkyl halides is 3. The maximum Gasteiger partial charge on any atom is 0.573 e. The number of hydrogen-bond donors (Lipinski definition) is 2. The molecule has 0 atom stereocenters. The van der Waals surface area contributed by atoms with Gasteiger partial charge >= 0.3 is 6.36 Å². The second kappa shape index (κ2) is 7.22. The van der Waals surface area contributed by atoms with Crippen molar-refractivity contribution in [2.45, 2.75) is 25.9 Å². The van der Waals surface area contributed by atoms with Crippen LogP contribution >= 0.6 is 11.8 Å². The molecule has 2 aromatic carbocycles. The van der Waals surface area contributed by atoms with Gasteiger partial charge in [-0.1, -0.05) is 11.8 Å². The largest absolute Gasteiger partial charge is 0.573 e. The van der Waals surface area contributed by atoms with E-state index in [-0.39, 0.29) is 15.5 Å². The number of sulfonamides is 1. The first-order valence-electron chi connectivity index (χ1n) is 6.87. The number of sulfone groups is 1. The number of hydrogen-bond acceptors (Lipinski definition) is 7. The van der Waals surface area contributed by atoms with Crippen molar-refractivity contribution in [2.24, 2.45) is 5.14 Å². The molecule has 148 valence electrons. The van der Waals surface area contributed by atoms with Gasteiger partial charge in [-0.3, -0.25) is 0 Å². The molecular formula is C14H13F3N2O5S3. The number of halogens is 3. The van der Waals surface area contributed by atoms with Gasteiger partial charge in [0.2, 0.25) is 10.0 Å². The monoisotopic (exact) mass is 442 g/mol. The predicted molar refractivity (Wildman–Crippen MR) is 92.6 cm³/mol. The number of anilines is 1. The Kier molecular flexibility index (Phi) is 5.71. The Labute approximate surface area is 157 Å². The van der Waals surface area contributed by atoms with Crippen LogP contribution in [-0.2, 0) is 19.9 Å². The first-order valence-corrected chi connectivity index (χ1v) is 11.1. The summed E-state index contributed by atoms with van der Waals surface area (Å²) in [6, 6.07) is 6.55. The van der Waals surface area contributed by atoms with Crippen LogP contribution in [-0.4, -0.2) is 29.5 Å². The average Bonchev–Trinajstić information content (AvgIpc) is 2.47. The molecule has 0 aliphatic heterocycles. The SMILES string of the molecule is CS(=O)(=O)c1ccc(S(N)(=O)=O)c(N)c1Sc1ccc(OC(F)(F)F)cc1. The number of benzene rings is 2. The van der Waals surface area contributed by atoms with Crippen molar-refractivity contribution in [3.05, 3.63) is 36.4 Å². The molecule has 0 heterocycles. The van der Waals surface area contributed by atoms with E-state index < -0.39 is 36.9 Å². The van der Waals surface area contributed by atoms with Gasteiger partial charge in [-0.15, -0.1) is 13.2 Å². The van der Waals surface area contributed by atoms with Crippen LogP contribution in [0.4, 0.5) is 18.9 Å². The van der Waals surface area contributed by atoms with E-state index >= 15 is 0 Å². The van der Waals surface area contributed by atoms with Crippen molar-refractivity contribution in [3.8, 4) is 5.75 Å². The summed E-state index contributed by atoms with van der Waals surface area (Å²) in [6.07, 6.45) is -3.95. The van der Waals surface area contributed by atoms with E-state index in [1.54, 1.807) is 0 Å². The molecule has 0 unspecified atom stereocenters. The van der Waals surface area contributed by atoms with E-state index in [9.17, 15) is 30.0 Å². The fourth-order valence-electron chi connectivity index (χ4n) is 2.03. The molecule has 0 bridgehead atoms. The lowest BCUT2D eigenvalue weighted by Crippen LogP contribution is -2.17. The van der Waals surface area contributed by atoms with Gasteiger partial charge in [0.25, 0.3) is 0 Å². The van der Waals surface area contributed by atoms with Crippen molar-refractivity contribution < 1.29 is 34.7 Å². The van der Waals surface area contributed by atoms with E-state index in [4.69, 9.17) is 10.9 Å². The lowest BCUT2D eigenvalue weighted by molar-refractivity contribution is -0.274. The summed E-state index contributed by atoms with van der Waals surface area (Å²) >= 11 is 0.764. The third-order valence-corrected chi connectivity index (χ3v) is 6.49. The van der Waals surface area contributed by atoms with Crippen molar-refractivity contribution in [2.75, 3.05) is 12.0 Å². The Balaban J connectivity index is 2.51. The van der Waals surface area contributed by atoms with E-state index in [0.29, 0.717) is 4.90 Å². The number of nitrogen functional groups attached to an aromatic ring is 1. The third-order valence-electron chi connectivity index (χ3n) is 3.10. The van der Waals surface area contributed by atoms with Crippen molar-refractivity contribution in [1.82, 2.24) is 0 Å². The Morgan fingerprint density at radius 2 is 1.48 bits per heavy atom. The summed E-state index contributed by atoms with van der Waals surface area (Å²) in [5, 5.41) is 5.07. The smallest absolute Gasteiger partial charge is 0.406 e. The zero-order chi connectivity index (χ0) is 20.6. The van der Waals surface area contributed by atoms with Gasteiger partial charge in [0.15, 0.2) is 9.84 Å². The summed E-state index contributed by atoms with van der Waals surface area (Å²) in [6.45, 7) is 0. The van der Waals surface area contributed by atoms with Gasteiger partial charge in [-0.25, -0.2) is 22.0 Å². The van der Waals surface area contributed by atoms with Crippen molar-refractivity contribution in [1.29, 1.82) is 0 Å². The van der Waals surface area contributed by atoms with Gasteiger partial charge in [0, 0.05) is 11.2 Å². The van der Waals surface area contributed by atoms with Crippen LogP contribution in [0.3, 0.4) is 0 Å². The minimum absolute atomic E-state index is 0.103. The molecule has 0 radical (unpaired) electrons. The van der Waals surface area contributed by atoms with Gasteiger partial charge in [-0.05, 0) is 36.4 Å². The van der Waals surface area contributed by atoms with Crippen LogP contribution in [0.2, 0.25) is 0 Å². The highest BCUT2D eigenvalue weighted by Crippen LogP contribution is 2.40. The predicted octanol–water partition coefficient (Wildman–Crippen LogP) is 2.37. The van der Waals surface area contributed by atoms with E-state index in [1.807, 2.05) is 0 Å². The lowest BCUT2D eigenvalue weighted by Gasteiger charge is -2.14. The molecule has 0 saturated carbocycles. The normalized spacial score (nSPS) is 12.8. The summed E-state index contributed by atoms with van der Waals surface area (Å²) in [5.74, 6) is -0.471. The topological polar surface area (TPSA) is 130 Å². The van der Waals surface area contributed by atoms with Crippen LogP contribution in [0.1, 0.15) is 0 Å². The molecule has 4 N–H and O–H groups in total. The maximum absolute atomic E-state index is 12.2. The third kappa shape index (κ3) is 5.51. The molecule has 2 aromatic rings. The van der Waals surface area contributed by atoms with Crippen LogP contribution in [0.15, 0.2) is 56.0 Å². The van der Waals surface area contributed by atoms with Crippen LogP contribution in [0, 0.1) is 0 Å². The molecule has 27 heavy (non-hydrogen) atoms. The lowest BCUT2D eigenvalue weighted by atomic mass is 10.3. The first-order chi connectivity index (χ1) is 12.2. The Morgan fingerprint density at radius 1 is 0.963 bits per heavy atom. The van der Waals surface area contributed by atoms with E-state index in [2.05, 4.69) is 4.74 Å².